The summed E-state index contributed by atoms with van der Waals surface area (Å²) in [4.78, 5) is 25.2. The summed E-state index contributed by atoms with van der Waals surface area (Å²) in [5.74, 6) is -0.837. The summed E-state index contributed by atoms with van der Waals surface area (Å²) >= 11 is 0. The summed E-state index contributed by atoms with van der Waals surface area (Å²) < 4.78 is 5.49. The summed E-state index contributed by atoms with van der Waals surface area (Å²) in [6.45, 7) is 1.27. The molecule has 2 rings (SSSR count). The Morgan fingerprint density at radius 3 is 2.57 bits per heavy atom. The molecule has 2 N–H and O–H groups in total. The van der Waals surface area contributed by atoms with Gasteiger partial charge in [-0.25, -0.2) is 4.79 Å². The second-order valence-electron chi connectivity index (χ2n) is 6.24. The third kappa shape index (κ3) is 4.09. The van der Waals surface area contributed by atoms with Crippen molar-refractivity contribution in [2.45, 2.75) is 63.0 Å². The van der Waals surface area contributed by atoms with Crippen molar-refractivity contribution in [3.8, 4) is 0 Å². The van der Waals surface area contributed by atoms with Gasteiger partial charge in [-0.05, 0) is 25.7 Å². The zero-order chi connectivity index (χ0) is 15.3. The van der Waals surface area contributed by atoms with Gasteiger partial charge in [0.05, 0.1) is 18.1 Å². The molecule has 0 bridgehead atoms. The number of carbonyl (C=O) groups excluding carboxylic acids is 1. The minimum atomic E-state index is -0.837. The molecule has 1 saturated carbocycles. The molecule has 0 aromatic carbocycles. The van der Waals surface area contributed by atoms with Crippen LogP contribution in [0.5, 0.6) is 0 Å². The van der Waals surface area contributed by atoms with Crippen LogP contribution in [-0.4, -0.2) is 53.8 Å². The summed E-state index contributed by atoms with van der Waals surface area (Å²) in [6, 6.07) is -0.186. The van der Waals surface area contributed by atoms with Crippen LogP contribution in [-0.2, 0) is 9.53 Å². The number of nitrogens with one attached hydrogen (secondary N) is 1. The van der Waals surface area contributed by atoms with Crippen molar-refractivity contribution in [3.05, 3.63) is 0 Å². The smallest absolute Gasteiger partial charge is 0.317 e. The largest absolute Gasteiger partial charge is 0.481 e. The van der Waals surface area contributed by atoms with Gasteiger partial charge in [-0.1, -0.05) is 19.3 Å². The standard InChI is InChI=1S/C15H26N2O4/c1-17(14(20)16-11-12-6-5-9-21-12)15(10-13(18)19)7-3-2-4-8-15/h12H,2-11H2,1H3,(H,16,20)(H,18,19). The number of urea groups is 1. The lowest BCUT2D eigenvalue weighted by atomic mass is 9.78. The Labute approximate surface area is 125 Å². The Morgan fingerprint density at radius 1 is 1.29 bits per heavy atom. The summed E-state index contributed by atoms with van der Waals surface area (Å²) in [5, 5.41) is 12.1. The van der Waals surface area contributed by atoms with Gasteiger partial charge in [0.15, 0.2) is 0 Å². The van der Waals surface area contributed by atoms with Gasteiger partial charge < -0.3 is 20.1 Å². The molecule has 0 spiro atoms. The predicted molar refractivity (Wildman–Crippen MR) is 78.2 cm³/mol. The van der Waals surface area contributed by atoms with Crippen LogP contribution < -0.4 is 5.32 Å². The average Bonchev–Trinajstić information content (AvgIpc) is 2.97. The fraction of sp³-hybridized carbons (Fsp3) is 0.867. The van der Waals surface area contributed by atoms with Gasteiger partial charge in [0.1, 0.15) is 0 Å². The van der Waals surface area contributed by atoms with Gasteiger partial charge in [0, 0.05) is 20.2 Å². The van der Waals surface area contributed by atoms with Crippen LogP contribution in [0, 0.1) is 0 Å². The van der Waals surface area contributed by atoms with E-state index in [0.29, 0.717) is 6.54 Å². The molecule has 6 nitrogen and oxygen atoms in total. The van der Waals surface area contributed by atoms with Gasteiger partial charge in [-0.3, -0.25) is 4.79 Å². The fourth-order valence-electron chi connectivity index (χ4n) is 3.46. The minimum Gasteiger partial charge on any atom is -0.481 e. The summed E-state index contributed by atoms with van der Waals surface area (Å²) in [6.07, 6.45) is 6.76. The molecule has 2 fully saturated rings. The number of amides is 2. The van der Waals surface area contributed by atoms with Gasteiger partial charge in [0.2, 0.25) is 0 Å². The molecule has 1 aliphatic heterocycles. The van der Waals surface area contributed by atoms with Crippen LogP contribution in [0.15, 0.2) is 0 Å². The molecule has 1 atom stereocenters. The molecule has 0 aromatic heterocycles. The lowest BCUT2D eigenvalue weighted by Gasteiger charge is -2.43. The van der Waals surface area contributed by atoms with Crippen molar-refractivity contribution in [1.29, 1.82) is 0 Å². The molecule has 0 radical (unpaired) electrons. The number of ether oxygens (including phenoxy) is 1. The van der Waals surface area contributed by atoms with Gasteiger partial charge in [-0.2, -0.15) is 0 Å². The first-order valence-corrected chi connectivity index (χ1v) is 7.88. The SMILES string of the molecule is CN(C(=O)NCC1CCCO1)C1(CC(=O)O)CCCCC1. The molecule has 2 aliphatic rings. The minimum absolute atomic E-state index is 0.0247. The lowest BCUT2D eigenvalue weighted by Crippen LogP contribution is -2.55. The highest BCUT2D eigenvalue weighted by molar-refractivity contribution is 5.76. The Morgan fingerprint density at radius 2 is 2.00 bits per heavy atom. The first-order valence-electron chi connectivity index (χ1n) is 7.88. The van der Waals surface area contributed by atoms with Gasteiger partial charge in [-0.15, -0.1) is 0 Å². The van der Waals surface area contributed by atoms with Crippen LogP contribution in [0.4, 0.5) is 4.79 Å². The number of carboxylic acid groups (broad SMARTS) is 1. The Kier molecular flexibility index (Phi) is 5.45. The van der Waals surface area contributed by atoms with E-state index in [4.69, 9.17) is 4.74 Å². The number of hydrogen-bond acceptors (Lipinski definition) is 3. The molecule has 1 unspecified atom stereocenters. The van der Waals surface area contributed by atoms with Crippen molar-refractivity contribution < 1.29 is 19.4 Å². The molecule has 1 saturated heterocycles. The third-order valence-electron chi connectivity index (χ3n) is 4.79. The average molecular weight is 298 g/mol. The van der Waals surface area contributed by atoms with Gasteiger partial charge in [0.25, 0.3) is 0 Å². The number of rotatable bonds is 5. The molecular formula is C15H26N2O4. The van der Waals surface area contributed by atoms with E-state index in [2.05, 4.69) is 5.32 Å². The molecule has 2 amide bonds. The van der Waals surface area contributed by atoms with Crippen molar-refractivity contribution in [2.75, 3.05) is 20.2 Å². The van der Waals surface area contributed by atoms with Crippen LogP contribution in [0.25, 0.3) is 0 Å². The predicted octanol–water partition coefficient (Wildman–Crippen LogP) is 1.98. The van der Waals surface area contributed by atoms with E-state index >= 15 is 0 Å². The topological polar surface area (TPSA) is 78.9 Å². The summed E-state index contributed by atoms with van der Waals surface area (Å²) in [7, 11) is 1.72. The van der Waals surface area contributed by atoms with Crippen molar-refractivity contribution in [1.82, 2.24) is 10.2 Å². The van der Waals surface area contributed by atoms with Crippen LogP contribution in [0.2, 0.25) is 0 Å². The van der Waals surface area contributed by atoms with Crippen LogP contribution in [0.3, 0.4) is 0 Å². The first kappa shape index (κ1) is 16.1. The van der Waals surface area contributed by atoms with Crippen LogP contribution in [0.1, 0.15) is 51.4 Å². The molecule has 6 heteroatoms. The van der Waals surface area contributed by atoms with E-state index in [9.17, 15) is 14.7 Å². The van der Waals surface area contributed by atoms with Crippen molar-refractivity contribution in [2.24, 2.45) is 0 Å². The second-order valence-corrected chi connectivity index (χ2v) is 6.24. The number of carbonyl (C=O) groups is 2. The van der Waals surface area contributed by atoms with Crippen LogP contribution >= 0.6 is 0 Å². The molecule has 1 heterocycles. The maximum Gasteiger partial charge on any atom is 0.317 e. The summed E-state index contributed by atoms with van der Waals surface area (Å²) in [5.41, 5.74) is -0.537. The molecule has 120 valence electrons. The molecule has 21 heavy (non-hydrogen) atoms. The highest BCUT2D eigenvalue weighted by Crippen LogP contribution is 2.35. The van der Waals surface area contributed by atoms with E-state index < -0.39 is 11.5 Å². The number of carboxylic acids is 1. The Bertz CT molecular complexity index is 374. The molecule has 1 aliphatic carbocycles. The second kappa shape index (κ2) is 7.11. The Hall–Kier alpha value is -1.30. The highest BCUT2D eigenvalue weighted by Gasteiger charge is 2.40. The zero-order valence-electron chi connectivity index (χ0n) is 12.8. The van der Waals surface area contributed by atoms with E-state index in [1.165, 1.54) is 0 Å². The lowest BCUT2D eigenvalue weighted by molar-refractivity contribution is -0.140. The van der Waals surface area contributed by atoms with Crippen molar-refractivity contribution >= 4 is 12.0 Å². The van der Waals surface area contributed by atoms with Gasteiger partial charge >= 0.3 is 12.0 Å². The van der Waals surface area contributed by atoms with E-state index in [0.717, 1.165) is 51.6 Å². The highest BCUT2D eigenvalue weighted by atomic mass is 16.5. The monoisotopic (exact) mass is 298 g/mol. The van der Waals surface area contributed by atoms with E-state index in [-0.39, 0.29) is 18.6 Å². The number of nitrogens with zero attached hydrogens (tertiary/aromatic N) is 1. The molecular weight excluding hydrogens is 272 g/mol. The molecule has 0 aromatic rings. The maximum atomic E-state index is 12.4. The number of hydrogen-bond donors (Lipinski definition) is 2. The Balaban J connectivity index is 1.93. The normalized spacial score (nSPS) is 24.5. The number of aliphatic carboxylic acids is 1. The first-order chi connectivity index (χ1) is 10.0. The van der Waals surface area contributed by atoms with Crippen molar-refractivity contribution in [3.63, 3.8) is 0 Å². The third-order valence-corrected chi connectivity index (χ3v) is 4.79. The van der Waals surface area contributed by atoms with E-state index in [1.54, 1.807) is 11.9 Å². The van der Waals surface area contributed by atoms with E-state index in [1.807, 2.05) is 0 Å². The zero-order valence-corrected chi connectivity index (χ0v) is 12.8. The fourth-order valence-corrected chi connectivity index (χ4v) is 3.46. The maximum absolute atomic E-state index is 12.4. The quantitative estimate of drug-likeness (QED) is 0.813.